The molecule has 1 heterocycles. The molecule has 5 heteroatoms. The number of nitrogens with one attached hydrogen (secondary N) is 1. The fourth-order valence-corrected chi connectivity index (χ4v) is 2.34. The number of anilines is 1. The Morgan fingerprint density at radius 2 is 1.91 bits per heavy atom. The summed E-state index contributed by atoms with van der Waals surface area (Å²) in [6, 6.07) is 17.2. The van der Waals surface area contributed by atoms with E-state index in [0.717, 1.165) is 11.3 Å². The van der Waals surface area contributed by atoms with Crippen molar-refractivity contribution in [1.29, 1.82) is 0 Å². The van der Waals surface area contributed by atoms with E-state index in [1.54, 1.807) is 16.8 Å². The van der Waals surface area contributed by atoms with Gasteiger partial charge in [0.25, 0.3) is 5.91 Å². The monoisotopic (exact) mass is 309 g/mol. The number of carbonyl (C=O) groups is 1. The minimum atomic E-state index is -0.438. The van der Waals surface area contributed by atoms with Crippen LogP contribution in [0.4, 0.5) is 10.2 Å². The van der Waals surface area contributed by atoms with Gasteiger partial charge in [0, 0.05) is 11.6 Å². The van der Waals surface area contributed by atoms with Crippen LogP contribution < -0.4 is 5.32 Å². The normalized spacial score (nSPS) is 10.5. The molecule has 1 aromatic heterocycles. The first-order chi connectivity index (χ1) is 11.1. The molecule has 0 atom stereocenters. The highest BCUT2D eigenvalue weighted by Gasteiger charge is 2.12. The van der Waals surface area contributed by atoms with Crippen molar-refractivity contribution in [3.05, 3.63) is 83.3 Å². The molecular weight excluding hydrogens is 293 g/mol. The number of benzene rings is 2. The molecule has 3 aromatic rings. The summed E-state index contributed by atoms with van der Waals surface area (Å²) in [5.41, 5.74) is 2.16. The van der Waals surface area contributed by atoms with Crippen LogP contribution >= 0.6 is 0 Å². The number of nitrogens with zero attached hydrogens (tertiary/aromatic N) is 2. The number of hydrogen-bond donors (Lipinski definition) is 1. The lowest BCUT2D eigenvalue weighted by Gasteiger charge is -2.09. The lowest BCUT2D eigenvalue weighted by Crippen LogP contribution is -2.16. The predicted molar refractivity (Wildman–Crippen MR) is 86.9 cm³/mol. The van der Waals surface area contributed by atoms with Gasteiger partial charge in [0.1, 0.15) is 11.6 Å². The SMILES string of the molecule is Cc1cc(NC(=O)c2cccc(F)c2)n(Cc2ccccc2)n1. The van der Waals surface area contributed by atoms with Crippen LogP contribution in [-0.4, -0.2) is 15.7 Å². The predicted octanol–water partition coefficient (Wildman–Crippen LogP) is 3.63. The summed E-state index contributed by atoms with van der Waals surface area (Å²) in [5, 5.41) is 7.19. The standard InChI is InChI=1S/C18H16FN3O/c1-13-10-17(20-18(23)15-8-5-9-16(19)11-15)22(21-13)12-14-6-3-2-4-7-14/h2-11H,12H2,1H3,(H,20,23). The quantitative estimate of drug-likeness (QED) is 0.800. The number of rotatable bonds is 4. The highest BCUT2D eigenvalue weighted by Crippen LogP contribution is 2.15. The molecule has 4 nitrogen and oxygen atoms in total. The second kappa shape index (κ2) is 6.44. The minimum Gasteiger partial charge on any atom is -0.307 e. The van der Waals surface area contributed by atoms with Crippen LogP contribution in [0.1, 0.15) is 21.6 Å². The molecule has 0 saturated carbocycles. The molecular formula is C18H16FN3O. The Morgan fingerprint density at radius 3 is 2.65 bits per heavy atom. The first kappa shape index (κ1) is 15.0. The van der Waals surface area contributed by atoms with Gasteiger partial charge in [-0.3, -0.25) is 4.79 Å². The van der Waals surface area contributed by atoms with E-state index in [-0.39, 0.29) is 11.5 Å². The molecule has 116 valence electrons. The maximum Gasteiger partial charge on any atom is 0.256 e. The summed E-state index contributed by atoms with van der Waals surface area (Å²) in [7, 11) is 0. The molecule has 0 aliphatic carbocycles. The number of carbonyl (C=O) groups excluding carboxylic acids is 1. The molecule has 0 saturated heterocycles. The first-order valence-corrected chi connectivity index (χ1v) is 7.27. The van der Waals surface area contributed by atoms with Crippen LogP contribution in [0.15, 0.2) is 60.7 Å². The van der Waals surface area contributed by atoms with E-state index in [4.69, 9.17) is 0 Å². The second-order valence-corrected chi connectivity index (χ2v) is 5.28. The van der Waals surface area contributed by atoms with Gasteiger partial charge in [0.05, 0.1) is 12.2 Å². The molecule has 0 aliphatic rings. The van der Waals surface area contributed by atoms with Crippen LogP contribution in [0, 0.1) is 12.7 Å². The van der Waals surface area contributed by atoms with Crippen molar-refractivity contribution in [2.24, 2.45) is 0 Å². The Morgan fingerprint density at radius 1 is 1.13 bits per heavy atom. The fraction of sp³-hybridized carbons (Fsp3) is 0.111. The summed E-state index contributed by atoms with van der Waals surface area (Å²) < 4.78 is 15.0. The molecule has 0 radical (unpaired) electrons. The Labute approximate surface area is 133 Å². The van der Waals surface area contributed by atoms with Gasteiger partial charge in [0.2, 0.25) is 0 Å². The topological polar surface area (TPSA) is 46.9 Å². The third-order valence-electron chi connectivity index (χ3n) is 3.41. The second-order valence-electron chi connectivity index (χ2n) is 5.28. The maximum absolute atomic E-state index is 13.2. The van der Waals surface area contributed by atoms with E-state index in [9.17, 15) is 9.18 Å². The molecule has 23 heavy (non-hydrogen) atoms. The van der Waals surface area contributed by atoms with Crippen molar-refractivity contribution in [2.45, 2.75) is 13.5 Å². The third kappa shape index (κ3) is 3.63. The molecule has 0 spiro atoms. The fourth-order valence-electron chi connectivity index (χ4n) is 2.34. The minimum absolute atomic E-state index is 0.273. The van der Waals surface area contributed by atoms with Gasteiger partial charge in [-0.1, -0.05) is 36.4 Å². The number of aryl methyl sites for hydroxylation is 1. The van der Waals surface area contributed by atoms with Gasteiger partial charge < -0.3 is 5.32 Å². The molecule has 2 aromatic carbocycles. The van der Waals surface area contributed by atoms with Crippen LogP contribution in [0.25, 0.3) is 0 Å². The van der Waals surface area contributed by atoms with Crippen molar-refractivity contribution in [2.75, 3.05) is 5.32 Å². The van der Waals surface area contributed by atoms with Gasteiger partial charge >= 0.3 is 0 Å². The van der Waals surface area contributed by atoms with Gasteiger partial charge in [0.15, 0.2) is 0 Å². The summed E-state index contributed by atoms with van der Waals surface area (Å²) in [6.07, 6.45) is 0. The lowest BCUT2D eigenvalue weighted by atomic mass is 10.2. The van der Waals surface area contributed by atoms with Crippen LogP contribution in [-0.2, 0) is 6.54 Å². The Balaban J connectivity index is 1.82. The van der Waals surface area contributed by atoms with Crippen molar-refractivity contribution in [1.82, 2.24) is 9.78 Å². The van der Waals surface area contributed by atoms with Crippen LogP contribution in [0.2, 0.25) is 0 Å². The number of halogens is 1. The van der Waals surface area contributed by atoms with E-state index < -0.39 is 5.82 Å². The third-order valence-corrected chi connectivity index (χ3v) is 3.41. The van der Waals surface area contributed by atoms with E-state index >= 15 is 0 Å². The Bertz CT molecular complexity index is 827. The smallest absolute Gasteiger partial charge is 0.256 e. The first-order valence-electron chi connectivity index (χ1n) is 7.27. The number of hydrogen-bond acceptors (Lipinski definition) is 2. The van der Waals surface area contributed by atoms with E-state index in [1.807, 2.05) is 37.3 Å². The average molecular weight is 309 g/mol. The molecule has 0 aliphatic heterocycles. The summed E-state index contributed by atoms with van der Waals surface area (Å²) in [6.45, 7) is 2.41. The van der Waals surface area contributed by atoms with Crippen molar-refractivity contribution in [3.8, 4) is 0 Å². The zero-order valence-electron chi connectivity index (χ0n) is 12.7. The molecule has 3 rings (SSSR count). The molecule has 0 unspecified atom stereocenters. The van der Waals surface area contributed by atoms with E-state index in [1.165, 1.54) is 18.2 Å². The molecule has 0 bridgehead atoms. The zero-order chi connectivity index (χ0) is 16.2. The van der Waals surface area contributed by atoms with Gasteiger partial charge in [-0.05, 0) is 30.7 Å². The van der Waals surface area contributed by atoms with Crippen molar-refractivity contribution in [3.63, 3.8) is 0 Å². The average Bonchev–Trinajstić information content (AvgIpc) is 2.87. The number of amides is 1. The van der Waals surface area contributed by atoms with Crippen molar-refractivity contribution < 1.29 is 9.18 Å². The Kier molecular flexibility index (Phi) is 4.19. The highest BCUT2D eigenvalue weighted by molar-refractivity contribution is 6.03. The molecule has 0 fully saturated rings. The van der Waals surface area contributed by atoms with Gasteiger partial charge in [-0.25, -0.2) is 9.07 Å². The molecule has 1 N–H and O–H groups in total. The van der Waals surface area contributed by atoms with E-state index in [2.05, 4.69) is 10.4 Å². The maximum atomic E-state index is 13.2. The van der Waals surface area contributed by atoms with Crippen LogP contribution in [0.3, 0.4) is 0 Å². The lowest BCUT2D eigenvalue weighted by molar-refractivity contribution is 0.102. The Hall–Kier alpha value is -2.95. The van der Waals surface area contributed by atoms with Crippen molar-refractivity contribution >= 4 is 11.7 Å². The summed E-state index contributed by atoms with van der Waals surface area (Å²) >= 11 is 0. The zero-order valence-corrected chi connectivity index (χ0v) is 12.7. The van der Waals surface area contributed by atoms with Gasteiger partial charge in [-0.15, -0.1) is 0 Å². The van der Waals surface area contributed by atoms with Crippen LogP contribution in [0.5, 0.6) is 0 Å². The van der Waals surface area contributed by atoms with E-state index in [0.29, 0.717) is 12.4 Å². The largest absolute Gasteiger partial charge is 0.307 e. The highest BCUT2D eigenvalue weighted by atomic mass is 19.1. The van der Waals surface area contributed by atoms with Gasteiger partial charge in [-0.2, -0.15) is 5.10 Å². The summed E-state index contributed by atoms with van der Waals surface area (Å²) in [5.74, 6) is -0.217. The summed E-state index contributed by atoms with van der Waals surface area (Å²) in [4.78, 5) is 12.3. The number of aromatic nitrogens is 2. The molecule has 1 amide bonds.